The third kappa shape index (κ3) is 1.29. The second-order valence-electron chi connectivity index (χ2n) is 4.08. The molecule has 2 aromatic carbocycles. The SMILES string of the molecule is Cc1cccc2c1Cc1cc(Cl)ccc1-2. The summed E-state index contributed by atoms with van der Waals surface area (Å²) in [7, 11) is 0. The van der Waals surface area contributed by atoms with Gasteiger partial charge in [0.25, 0.3) is 0 Å². The van der Waals surface area contributed by atoms with Gasteiger partial charge in [0.15, 0.2) is 0 Å². The summed E-state index contributed by atoms with van der Waals surface area (Å²) in [4.78, 5) is 0. The number of aryl methyl sites for hydroxylation is 1. The van der Waals surface area contributed by atoms with E-state index in [1.807, 2.05) is 6.07 Å². The molecule has 0 saturated heterocycles. The average molecular weight is 215 g/mol. The summed E-state index contributed by atoms with van der Waals surface area (Å²) >= 11 is 6.01. The summed E-state index contributed by atoms with van der Waals surface area (Å²) in [5.74, 6) is 0. The van der Waals surface area contributed by atoms with Crippen molar-refractivity contribution in [3.63, 3.8) is 0 Å². The van der Waals surface area contributed by atoms with Gasteiger partial charge in [0, 0.05) is 5.02 Å². The molecule has 0 radical (unpaired) electrons. The van der Waals surface area contributed by atoms with Gasteiger partial charge in [-0.05, 0) is 53.3 Å². The summed E-state index contributed by atoms with van der Waals surface area (Å²) in [6, 6.07) is 12.7. The Morgan fingerprint density at radius 2 is 1.93 bits per heavy atom. The molecule has 0 amide bonds. The first-order chi connectivity index (χ1) is 7.25. The Morgan fingerprint density at radius 1 is 1.07 bits per heavy atom. The minimum atomic E-state index is 0.833. The molecule has 0 bridgehead atoms. The molecule has 0 unspecified atom stereocenters. The Bertz CT molecular complexity index is 541. The molecule has 15 heavy (non-hydrogen) atoms. The highest BCUT2D eigenvalue weighted by atomic mass is 35.5. The molecule has 0 saturated carbocycles. The second kappa shape index (κ2) is 3.11. The van der Waals surface area contributed by atoms with E-state index in [0.717, 1.165) is 11.4 Å². The number of halogens is 1. The quantitative estimate of drug-likeness (QED) is 0.526. The Balaban J connectivity index is 2.28. The van der Waals surface area contributed by atoms with Gasteiger partial charge in [-0.15, -0.1) is 0 Å². The highest BCUT2D eigenvalue weighted by Gasteiger charge is 2.19. The third-order valence-electron chi connectivity index (χ3n) is 3.13. The van der Waals surface area contributed by atoms with E-state index >= 15 is 0 Å². The molecule has 0 heterocycles. The molecule has 0 N–H and O–H groups in total. The Kier molecular flexibility index (Phi) is 1.86. The summed E-state index contributed by atoms with van der Waals surface area (Å²) in [6.45, 7) is 2.17. The van der Waals surface area contributed by atoms with Gasteiger partial charge in [0.1, 0.15) is 0 Å². The zero-order valence-corrected chi connectivity index (χ0v) is 9.31. The van der Waals surface area contributed by atoms with E-state index in [-0.39, 0.29) is 0 Å². The lowest BCUT2D eigenvalue weighted by molar-refractivity contribution is 1.22. The minimum Gasteiger partial charge on any atom is -0.0843 e. The van der Waals surface area contributed by atoms with Crippen molar-refractivity contribution in [2.24, 2.45) is 0 Å². The standard InChI is InChI=1S/C14H11Cl/c1-9-3-2-4-13-12-6-5-11(15)7-10(12)8-14(9)13/h2-7H,8H2,1H3. The van der Waals surface area contributed by atoms with E-state index in [1.165, 1.54) is 27.8 Å². The number of rotatable bonds is 0. The van der Waals surface area contributed by atoms with Crippen molar-refractivity contribution in [3.8, 4) is 11.1 Å². The fraction of sp³-hybridized carbons (Fsp3) is 0.143. The van der Waals surface area contributed by atoms with Crippen molar-refractivity contribution >= 4 is 11.6 Å². The first-order valence-corrected chi connectivity index (χ1v) is 5.51. The van der Waals surface area contributed by atoms with Gasteiger partial charge in [-0.1, -0.05) is 35.9 Å². The van der Waals surface area contributed by atoms with E-state index in [9.17, 15) is 0 Å². The van der Waals surface area contributed by atoms with Crippen LogP contribution in [0.4, 0.5) is 0 Å². The van der Waals surface area contributed by atoms with Gasteiger partial charge in [0.2, 0.25) is 0 Å². The zero-order valence-electron chi connectivity index (χ0n) is 8.55. The van der Waals surface area contributed by atoms with E-state index in [4.69, 9.17) is 11.6 Å². The number of hydrogen-bond acceptors (Lipinski definition) is 0. The number of fused-ring (bicyclic) bond motifs is 3. The maximum atomic E-state index is 6.01. The molecule has 3 rings (SSSR count). The lowest BCUT2D eigenvalue weighted by atomic mass is 10.0. The molecule has 0 aromatic heterocycles. The normalized spacial score (nSPS) is 12.4. The van der Waals surface area contributed by atoms with Crippen LogP contribution >= 0.6 is 11.6 Å². The fourth-order valence-corrected chi connectivity index (χ4v) is 2.55. The highest BCUT2D eigenvalue weighted by Crippen LogP contribution is 2.38. The lowest BCUT2D eigenvalue weighted by Gasteiger charge is -2.02. The van der Waals surface area contributed by atoms with Gasteiger partial charge >= 0.3 is 0 Å². The van der Waals surface area contributed by atoms with Crippen LogP contribution in [0, 0.1) is 6.92 Å². The minimum absolute atomic E-state index is 0.833. The van der Waals surface area contributed by atoms with E-state index < -0.39 is 0 Å². The molecule has 0 nitrogen and oxygen atoms in total. The van der Waals surface area contributed by atoms with Gasteiger partial charge < -0.3 is 0 Å². The Hall–Kier alpha value is -1.27. The number of benzene rings is 2. The van der Waals surface area contributed by atoms with E-state index in [2.05, 4.69) is 37.3 Å². The highest BCUT2D eigenvalue weighted by molar-refractivity contribution is 6.30. The van der Waals surface area contributed by atoms with Crippen LogP contribution in [0.25, 0.3) is 11.1 Å². The summed E-state index contributed by atoms with van der Waals surface area (Å²) in [5.41, 5.74) is 6.90. The molecule has 0 aliphatic heterocycles. The van der Waals surface area contributed by atoms with E-state index in [0.29, 0.717) is 0 Å². The van der Waals surface area contributed by atoms with Crippen molar-refractivity contribution < 1.29 is 0 Å². The van der Waals surface area contributed by atoms with Gasteiger partial charge in [-0.3, -0.25) is 0 Å². The van der Waals surface area contributed by atoms with Crippen LogP contribution in [0.1, 0.15) is 16.7 Å². The zero-order chi connectivity index (χ0) is 10.4. The summed E-state index contributed by atoms with van der Waals surface area (Å²) in [5, 5.41) is 0.833. The first kappa shape index (κ1) is 8.99. The van der Waals surface area contributed by atoms with Crippen LogP contribution in [0.2, 0.25) is 5.02 Å². The number of hydrogen-bond donors (Lipinski definition) is 0. The predicted octanol–water partition coefficient (Wildman–Crippen LogP) is 4.22. The maximum Gasteiger partial charge on any atom is 0.0409 e. The van der Waals surface area contributed by atoms with Crippen LogP contribution in [0.3, 0.4) is 0 Å². The Morgan fingerprint density at radius 3 is 2.80 bits per heavy atom. The first-order valence-electron chi connectivity index (χ1n) is 5.13. The van der Waals surface area contributed by atoms with Crippen LogP contribution in [-0.4, -0.2) is 0 Å². The molecule has 1 heteroatoms. The van der Waals surface area contributed by atoms with Crippen molar-refractivity contribution in [2.75, 3.05) is 0 Å². The monoisotopic (exact) mass is 214 g/mol. The molecule has 0 atom stereocenters. The molecule has 1 aliphatic rings. The summed E-state index contributed by atoms with van der Waals surface area (Å²) in [6.07, 6.45) is 1.03. The molecule has 0 spiro atoms. The topological polar surface area (TPSA) is 0 Å². The maximum absolute atomic E-state index is 6.01. The molecular formula is C14H11Cl. The lowest BCUT2D eigenvalue weighted by Crippen LogP contribution is -1.84. The smallest absolute Gasteiger partial charge is 0.0409 e. The van der Waals surface area contributed by atoms with E-state index in [1.54, 1.807) is 0 Å². The van der Waals surface area contributed by atoms with Gasteiger partial charge in [0.05, 0.1) is 0 Å². The molecule has 2 aromatic rings. The van der Waals surface area contributed by atoms with Crippen LogP contribution in [-0.2, 0) is 6.42 Å². The third-order valence-corrected chi connectivity index (χ3v) is 3.37. The van der Waals surface area contributed by atoms with Crippen molar-refractivity contribution in [2.45, 2.75) is 13.3 Å². The molecule has 0 fully saturated rings. The molecule has 1 aliphatic carbocycles. The van der Waals surface area contributed by atoms with Gasteiger partial charge in [-0.2, -0.15) is 0 Å². The predicted molar refractivity (Wildman–Crippen MR) is 64.4 cm³/mol. The van der Waals surface area contributed by atoms with Crippen molar-refractivity contribution in [3.05, 3.63) is 58.1 Å². The van der Waals surface area contributed by atoms with Gasteiger partial charge in [-0.25, -0.2) is 0 Å². The van der Waals surface area contributed by atoms with Crippen LogP contribution in [0.5, 0.6) is 0 Å². The summed E-state index contributed by atoms with van der Waals surface area (Å²) < 4.78 is 0. The second-order valence-corrected chi connectivity index (χ2v) is 4.52. The largest absolute Gasteiger partial charge is 0.0843 e. The van der Waals surface area contributed by atoms with Crippen LogP contribution < -0.4 is 0 Å². The molecule has 74 valence electrons. The Labute approximate surface area is 94.5 Å². The van der Waals surface area contributed by atoms with Crippen molar-refractivity contribution in [1.82, 2.24) is 0 Å². The van der Waals surface area contributed by atoms with Crippen molar-refractivity contribution in [1.29, 1.82) is 0 Å². The average Bonchev–Trinajstić information content (AvgIpc) is 2.57. The van der Waals surface area contributed by atoms with Crippen LogP contribution in [0.15, 0.2) is 36.4 Å². The molecular weight excluding hydrogens is 204 g/mol. The fourth-order valence-electron chi connectivity index (χ4n) is 2.35.